The molecule has 0 bridgehead atoms. The molecular formula is C17H22ClN. The van der Waals surface area contributed by atoms with Crippen LogP contribution in [0.2, 0.25) is 5.02 Å². The van der Waals surface area contributed by atoms with E-state index in [0.717, 1.165) is 35.8 Å². The summed E-state index contributed by atoms with van der Waals surface area (Å²) in [6.07, 6.45) is 6.46. The second-order valence-corrected chi connectivity index (χ2v) is 6.42. The maximum Gasteiger partial charge on any atom is 0.0693 e. The minimum atomic E-state index is -0.190. The van der Waals surface area contributed by atoms with E-state index in [1.54, 1.807) is 0 Å². The van der Waals surface area contributed by atoms with E-state index >= 15 is 0 Å². The molecule has 2 heteroatoms. The highest BCUT2D eigenvalue weighted by Gasteiger charge is 2.35. The lowest BCUT2D eigenvalue weighted by Crippen LogP contribution is -2.28. The zero-order chi connectivity index (χ0) is 13.9. The number of aryl methyl sites for hydroxylation is 1. The Bertz CT molecular complexity index is 479. The SMILES string of the molecule is CCC1CCC(C#N)(Cc2ccc(C)cc2Cl)CC1. The zero-order valence-electron chi connectivity index (χ0n) is 11.9. The summed E-state index contributed by atoms with van der Waals surface area (Å²) in [5.74, 6) is 0.815. The highest BCUT2D eigenvalue weighted by atomic mass is 35.5. The Hall–Kier alpha value is -1.00. The number of hydrogen-bond acceptors (Lipinski definition) is 1. The lowest BCUT2D eigenvalue weighted by molar-refractivity contribution is 0.205. The Morgan fingerprint density at radius 2 is 2.05 bits per heavy atom. The van der Waals surface area contributed by atoms with Gasteiger partial charge in [0.05, 0.1) is 11.5 Å². The van der Waals surface area contributed by atoms with E-state index in [2.05, 4.69) is 25.1 Å². The van der Waals surface area contributed by atoms with E-state index in [1.807, 2.05) is 13.0 Å². The maximum absolute atomic E-state index is 9.61. The standard InChI is InChI=1S/C17H22ClN/c1-3-14-6-8-17(12-19,9-7-14)11-15-5-4-13(2)10-16(15)18/h4-5,10,14H,3,6-9,11H2,1-2H3. The number of hydrogen-bond donors (Lipinski definition) is 0. The van der Waals surface area contributed by atoms with Crippen molar-refractivity contribution in [2.75, 3.05) is 0 Å². The molecule has 19 heavy (non-hydrogen) atoms. The Kier molecular flexibility index (Phi) is 4.53. The molecule has 0 aromatic heterocycles. The van der Waals surface area contributed by atoms with Crippen LogP contribution in [0.1, 0.15) is 50.2 Å². The summed E-state index contributed by atoms with van der Waals surface area (Å²) in [5.41, 5.74) is 2.11. The van der Waals surface area contributed by atoms with Gasteiger partial charge in [0.1, 0.15) is 0 Å². The van der Waals surface area contributed by atoms with Crippen LogP contribution in [-0.2, 0) is 6.42 Å². The molecule has 1 aromatic rings. The molecular weight excluding hydrogens is 254 g/mol. The van der Waals surface area contributed by atoms with E-state index in [9.17, 15) is 5.26 Å². The van der Waals surface area contributed by atoms with Crippen LogP contribution in [0, 0.1) is 29.6 Å². The van der Waals surface area contributed by atoms with Gasteiger partial charge >= 0.3 is 0 Å². The van der Waals surface area contributed by atoms with Crippen LogP contribution in [0.25, 0.3) is 0 Å². The number of rotatable bonds is 3. The molecule has 1 aliphatic carbocycles. The third kappa shape index (κ3) is 3.31. The summed E-state index contributed by atoms with van der Waals surface area (Å²) >= 11 is 6.31. The molecule has 1 aromatic carbocycles. The second-order valence-electron chi connectivity index (χ2n) is 6.02. The average Bonchev–Trinajstić information content (AvgIpc) is 2.43. The van der Waals surface area contributed by atoms with Crippen LogP contribution < -0.4 is 0 Å². The molecule has 2 rings (SSSR count). The third-order valence-corrected chi connectivity index (χ3v) is 4.97. The molecule has 0 spiro atoms. The summed E-state index contributed by atoms with van der Waals surface area (Å²) in [4.78, 5) is 0. The molecule has 0 atom stereocenters. The summed E-state index contributed by atoms with van der Waals surface area (Å²) in [5, 5.41) is 10.4. The summed E-state index contributed by atoms with van der Waals surface area (Å²) in [6.45, 7) is 4.29. The molecule has 0 saturated heterocycles. The quantitative estimate of drug-likeness (QED) is 0.734. The van der Waals surface area contributed by atoms with Crippen molar-refractivity contribution in [3.05, 3.63) is 34.3 Å². The summed E-state index contributed by atoms with van der Waals surface area (Å²) in [6, 6.07) is 8.77. The van der Waals surface area contributed by atoms with Gasteiger partial charge in [0.25, 0.3) is 0 Å². The molecule has 1 fully saturated rings. The van der Waals surface area contributed by atoms with E-state index in [-0.39, 0.29) is 5.41 Å². The van der Waals surface area contributed by atoms with Crippen molar-refractivity contribution in [3.63, 3.8) is 0 Å². The Labute approximate surface area is 121 Å². The van der Waals surface area contributed by atoms with Gasteiger partial charge in [0, 0.05) is 5.02 Å². The smallest absolute Gasteiger partial charge is 0.0693 e. The Morgan fingerprint density at radius 1 is 1.37 bits per heavy atom. The fourth-order valence-electron chi connectivity index (χ4n) is 3.13. The van der Waals surface area contributed by atoms with Crippen molar-refractivity contribution < 1.29 is 0 Å². The number of halogens is 1. The lowest BCUT2D eigenvalue weighted by atomic mass is 9.68. The van der Waals surface area contributed by atoms with Crippen LogP contribution in [0.5, 0.6) is 0 Å². The first kappa shape index (κ1) is 14.4. The predicted molar refractivity (Wildman–Crippen MR) is 80.2 cm³/mol. The van der Waals surface area contributed by atoms with Crippen molar-refractivity contribution in [2.45, 2.75) is 52.4 Å². The van der Waals surface area contributed by atoms with Gasteiger partial charge < -0.3 is 0 Å². The topological polar surface area (TPSA) is 23.8 Å². The van der Waals surface area contributed by atoms with E-state index < -0.39 is 0 Å². The van der Waals surface area contributed by atoms with E-state index in [0.29, 0.717) is 0 Å². The van der Waals surface area contributed by atoms with Crippen molar-refractivity contribution in [1.82, 2.24) is 0 Å². The summed E-state index contributed by atoms with van der Waals surface area (Å²) < 4.78 is 0. The molecule has 0 heterocycles. The van der Waals surface area contributed by atoms with Gasteiger partial charge in [-0.15, -0.1) is 0 Å². The minimum absolute atomic E-state index is 0.190. The largest absolute Gasteiger partial charge is 0.198 e. The third-order valence-electron chi connectivity index (χ3n) is 4.61. The van der Waals surface area contributed by atoms with Gasteiger partial charge in [-0.25, -0.2) is 0 Å². The van der Waals surface area contributed by atoms with Crippen molar-refractivity contribution in [3.8, 4) is 6.07 Å². The lowest BCUT2D eigenvalue weighted by Gasteiger charge is -2.35. The maximum atomic E-state index is 9.61. The molecule has 102 valence electrons. The predicted octanol–water partition coefficient (Wildman–Crippen LogP) is 5.30. The highest BCUT2D eigenvalue weighted by Crippen LogP contribution is 2.42. The van der Waals surface area contributed by atoms with Crippen molar-refractivity contribution in [1.29, 1.82) is 5.26 Å². The van der Waals surface area contributed by atoms with Crippen LogP contribution >= 0.6 is 11.6 Å². The minimum Gasteiger partial charge on any atom is -0.198 e. The van der Waals surface area contributed by atoms with E-state index in [4.69, 9.17) is 11.6 Å². The molecule has 0 unspecified atom stereocenters. The van der Waals surface area contributed by atoms with Crippen molar-refractivity contribution >= 4 is 11.6 Å². The average molecular weight is 276 g/mol. The molecule has 0 amide bonds. The molecule has 0 aliphatic heterocycles. The van der Waals surface area contributed by atoms with Crippen LogP contribution in [0.15, 0.2) is 18.2 Å². The molecule has 0 radical (unpaired) electrons. The number of nitrogens with zero attached hydrogens (tertiary/aromatic N) is 1. The first-order valence-electron chi connectivity index (χ1n) is 7.25. The molecule has 1 nitrogen and oxygen atoms in total. The van der Waals surface area contributed by atoms with Gasteiger partial charge in [0.15, 0.2) is 0 Å². The Balaban J connectivity index is 2.13. The van der Waals surface area contributed by atoms with Gasteiger partial charge in [-0.1, -0.05) is 37.1 Å². The zero-order valence-corrected chi connectivity index (χ0v) is 12.6. The second kappa shape index (κ2) is 5.97. The molecule has 0 N–H and O–H groups in total. The first-order chi connectivity index (χ1) is 9.08. The van der Waals surface area contributed by atoms with Crippen LogP contribution in [-0.4, -0.2) is 0 Å². The Morgan fingerprint density at radius 3 is 2.58 bits per heavy atom. The van der Waals surface area contributed by atoms with Gasteiger partial charge in [-0.05, 0) is 62.1 Å². The van der Waals surface area contributed by atoms with Crippen molar-refractivity contribution in [2.24, 2.45) is 11.3 Å². The van der Waals surface area contributed by atoms with Crippen LogP contribution in [0.4, 0.5) is 0 Å². The van der Waals surface area contributed by atoms with E-state index in [1.165, 1.54) is 24.8 Å². The number of benzene rings is 1. The molecule has 1 aliphatic rings. The summed E-state index contributed by atoms with van der Waals surface area (Å²) in [7, 11) is 0. The van der Waals surface area contributed by atoms with Gasteiger partial charge in [-0.2, -0.15) is 5.26 Å². The molecule has 1 saturated carbocycles. The fourth-order valence-corrected chi connectivity index (χ4v) is 3.43. The van der Waals surface area contributed by atoms with Gasteiger partial charge in [-0.3, -0.25) is 0 Å². The van der Waals surface area contributed by atoms with Gasteiger partial charge in [0.2, 0.25) is 0 Å². The first-order valence-corrected chi connectivity index (χ1v) is 7.62. The fraction of sp³-hybridized carbons (Fsp3) is 0.588. The van der Waals surface area contributed by atoms with Crippen LogP contribution in [0.3, 0.4) is 0 Å². The normalized spacial score (nSPS) is 26.9. The number of nitriles is 1. The monoisotopic (exact) mass is 275 g/mol. The highest BCUT2D eigenvalue weighted by molar-refractivity contribution is 6.31.